The molecule has 0 saturated carbocycles. The van der Waals surface area contributed by atoms with Gasteiger partial charge in [-0.25, -0.2) is 13.1 Å². The molecule has 0 aliphatic carbocycles. The molecule has 3 aromatic rings. The average molecular weight is 411 g/mol. The highest BCUT2D eigenvalue weighted by atomic mass is 32.2. The van der Waals surface area contributed by atoms with Crippen LogP contribution < -0.4 is 4.72 Å². The topological polar surface area (TPSA) is 89.8 Å². The van der Waals surface area contributed by atoms with E-state index in [0.29, 0.717) is 11.8 Å². The van der Waals surface area contributed by atoms with E-state index in [-0.39, 0.29) is 12.4 Å². The Labute approximate surface area is 159 Å². The molecular formula is C17H16F3N5O2S. The van der Waals surface area contributed by atoms with Gasteiger partial charge in [0.05, 0.1) is 22.7 Å². The summed E-state index contributed by atoms with van der Waals surface area (Å²) in [6.07, 6.45) is -4.64. The number of tetrazole rings is 1. The van der Waals surface area contributed by atoms with Gasteiger partial charge in [-0.05, 0) is 65.7 Å². The van der Waals surface area contributed by atoms with Gasteiger partial charge in [0, 0.05) is 0 Å². The SMILES string of the molecule is Cc1ccc(-n2nnnc2CNS(=O)(=O)c2cccc(C(F)(F)F)c2)cc1C. The largest absolute Gasteiger partial charge is 0.416 e. The van der Waals surface area contributed by atoms with E-state index in [0.717, 1.165) is 29.3 Å². The van der Waals surface area contributed by atoms with E-state index < -0.39 is 26.7 Å². The standard InChI is InChI=1S/C17H16F3N5O2S/c1-11-6-7-14(8-12(11)2)25-16(22-23-24-25)10-21-28(26,27)15-5-3-4-13(9-15)17(18,19)20/h3-9,21H,10H2,1-2H3. The fourth-order valence-electron chi connectivity index (χ4n) is 2.46. The van der Waals surface area contributed by atoms with Crippen LogP contribution in [0.25, 0.3) is 5.69 Å². The van der Waals surface area contributed by atoms with Gasteiger partial charge >= 0.3 is 6.18 Å². The highest BCUT2D eigenvalue weighted by molar-refractivity contribution is 7.89. The Hall–Kier alpha value is -2.79. The average Bonchev–Trinajstić information content (AvgIpc) is 3.10. The Morgan fingerprint density at radius 2 is 1.82 bits per heavy atom. The molecule has 11 heteroatoms. The third-order valence-corrected chi connectivity index (χ3v) is 5.56. The summed E-state index contributed by atoms with van der Waals surface area (Å²) in [5.41, 5.74) is 1.67. The minimum atomic E-state index is -4.64. The molecule has 0 bridgehead atoms. The fourth-order valence-corrected chi connectivity index (χ4v) is 3.48. The summed E-state index contributed by atoms with van der Waals surface area (Å²) in [7, 11) is -4.19. The normalized spacial score (nSPS) is 12.3. The number of hydrogen-bond donors (Lipinski definition) is 1. The summed E-state index contributed by atoms with van der Waals surface area (Å²) in [5.74, 6) is 0.193. The van der Waals surface area contributed by atoms with Crippen LogP contribution in [0.3, 0.4) is 0 Å². The maximum atomic E-state index is 12.8. The van der Waals surface area contributed by atoms with Crippen molar-refractivity contribution in [2.75, 3.05) is 0 Å². The Bertz CT molecular complexity index is 1110. The molecule has 2 aromatic carbocycles. The van der Waals surface area contributed by atoms with Gasteiger partial charge in [-0.2, -0.15) is 17.9 Å². The predicted octanol–water partition coefficient (Wildman–Crippen LogP) is 2.78. The third-order valence-electron chi connectivity index (χ3n) is 4.16. The summed E-state index contributed by atoms with van der Waals surface area (Å²) >= 11 is 0. The van der Waals surface area contributed by atoms with Crippen molar-refractivity contribution >= 4 is 10.0 Å². The van der Waals surface area contributed by atoms with Crippen LogP contribution >= 0.6 is 0 Å². The Balaban J connectivity index is 1.83. The van der Waals surface area contributed by atoms with Crippen molar-refractivity contribution in [3.05, 3.63) is 65.0 Å². The number of halogens is 3. The monoisotopic (exact) mass is 411 g/mol. The molecule has 1 aromatic heterocycles. The number of alkyl halides is 3. The molecule has 0 unspecified atom stereocenters. The smallest absolute Gasteiger partial charge is 0.207 e. The van der Waals surface area contributed by atoms with Crippen LogP contribution in [-0.4, -0.2) is 28.6 Å². The number of rotatable bonds is 5. The zero-order valence-electron chi connectivity index (χ0n) is 14.9. The molecule has 28 heavy (non-hydrogen) atoms. The van der Waals surface area contributed by atoms with E-state index in [4.69, 9.17) is 0 Å². The van der Waals surface area contributed by atoms with E-state index >= 15 is 0 Å². The summed E-state index contributed by atoms with van der Waals surface area (Å²) in [5, 5.41) is 11.2. The van der Waals surface area contributed by atoms with Gasteiger partial charge in [-0.1, -0.05) is 12.1 Å². The lowest BCUT2D eigenvalue weighted by Gasteiger charge is -2.11. The second kappa shape index (κ2) is 7.32. The van der Waals surface area contributed by atoms with E-state index in [2.05, 4.69) is 20.2 Å². The number of aryl methyl sites for hydroxylation is 2. The zero-order chi connectivity index (χ0) is 20.5. The molecule has 1 N–H and O–H groups in total. The molecule has 0 fully saturated rings. The highest BCUT2D eigenvalue weighted by Gasteiger charge is 2.31. The molecule has 148 valence electrons. The van der Waals surface area contributed by atoms with Gasteiger partial charge < -0.3 is 0 Å². The van der Waals surface area contributed by atoms with Crippen LogP contribution in [-0.2, 0) is 22.7 Å². The van der Waals surface area contributed by atoms with Crippen molar-refractivity contribution in [1.29, 1.82) is 0 Å². The number of nitrogens with one attached hydrogen (secondary N) is 1. The quantitative estimate of drug-likeness (QED) is 0.697. The number of benzene rings is 2. The maximum absolute atomic E-state index is 12.8. The zero-order valence-corrected chi connectivity index (χ0v) is 15.7. The summed E-state index contributed by atoms with van der Waals surface area (Å²) < 4.78 is 66.9. The number of aromatic nitrogens is 4. The molecule has 0 saturated heterocycles. The first kappa shape index (κ1) is 20.0. The number of hydrogen-bond acceptors (Lipinski definition) is 5. The summed E-state index contributed by atoms with van der Waals surface area (Å²) in [6, 6.07) is 9.01. The fraction of sp³-hybridized carbons (Fsp3) is 0.235. The van der Waals surface area contributed by atoms with Crippen LogP contribution in [0.2, 0.25) is 0 Å². The van der Waals surface area contributed by atoms with E-state index in [1.165, 1.54) is 4.68 Å². The molecule has 1 heterocycles. The molecule has 0 radical (unpaired) electrons. The molecule has 7 nitrogen and oxygen atoms in total. The lowest BCUT2D eigenvalue weighted by molar-refractivity contribution is -0.137. The third kappa shape index (κ3) is 4.20. The summed E-state index contributed by atoms with van der Waals surface area (Å²) in [6.45, 7) is 3.57. The van der Waals surface area contributed by atoms with Crippen molar-refractivity contribution in [2.45, 2.75) is 31.5 Å². The predicted molar refractivity (Wildman–Crippen MR) is 94.1 cm³/mol. The van der Waals surface area contributed by atoms with Crippen molar-refractivity contribution in [3.8, 4) is 5.69 Å². The first-order valence-electron chi connectivity index (χ1n) is 8.10. The second-order valence-electron chi connectivity index (χ2n) is 6.13. The Kier molecular flexibility index (Phi) is 5.22. The van der Waals surface area contributed by atoms with Gasteiger partial charge in [-0.15, -0.1) is 5.10 Å². The Morgan fingerprint density at radius 1 is 1.07 bits per heavy atom. The molecular weight excluding hydrogens is 395 g/mol. The van der Waals surface area contributed by atoms with Crippen molar-refractivity contribution in [3.63, 3.8) is 0 Å². The lowest BCUT2D eigenvalue weighted by Crippen LogP contribution is -2.25. The van der Waals surface area contributed by atoms with Crippen LogP contribution in [0.15, 0.2) is 47.4 Å². The van der Waals surface area contributed by atoms with E-state index in [1.807, 2.05) is 26.0 Å². The lowest BCUT2D eigenvalue weighted by atomic mass is 10.1. The second-order valence-corrected chi connectivity index (χ2v) is 7.89. The van der Waals surface area contributed by atoms with Gasteiger partial charge in [0.1, 0.15) is 0 Å². The molecule has 3 rings (SSSR count). The van der Waals surface area contributed by atoms with E-state index in [1.54, 1.807) is 6.07 Å². The molecule has 0 spiro atoms. The maximum Gasteiger partial charge on any atom is 0.416 e. The first-order valence-corrected chi connectivity index (χ1v) is 9.58. The molecule has 0 atom stereocenters. The van der Waals surface area contributed by atoms with Crippen LogP contribution in [0.4, 0.5) is 13.2 Å². The number of nitrogens with zero attached hydrogens (tertiary/aromatic N) is 4. The first-order chi connectivity index (χ1) is 13.1. The van der Waals surface area contributed by atoms with Crippen molar-refractivity contribution < 1.29 is 21.6 Å². The summed E-state index contributed by atoms with van der Waals surface area (Å²) in [4.78, 5) is -0.493. The van der Waals surface area contributed by atoms with Crippen LogP contribution in [0.5, 0.6) is 0 Å². The molecule has 0 aliphatic heterocycles. The van der Waals surface area contributed by atoms with Gasteiger partial charge in [0.25, 0.3) is 0 Å². The van der Waals surface area contributed by atoms with E-state index in [9.17, 15) is 21.6 Å². The van der Waals surface area contributed by atoms with Crippen LogP contribution in [0, 0.1) is 13.8 Å². The molecule has 0 aliphatic rings. The Morgan fingerprint density at radius 3 is 2.50 bits per heavy atom. The highest BCUT2D eigenvalue weighted by Crippen LogP contribution is 2.30. The molecule has 0 amide bonds. The number of sulfonamides is 1. The van der Waals surface area contributed by atoms with Gasteiger partial charge in [-0.3, -0.25) is 0 Å². The van der Waals surface area contributed by atoms with Gasteiger partial charge in [0.2, 0.25) is 10.0 Å². The van der Waals surface area contributed by atoms with Gasteiger partial charge in [0.15, 0.2) is 5.82 Å². The van der Waals surface area contributed by atoms with Crippen molar-refractivity contribution in [2.24, 2.45) is 0 Å². The minimum Gasteiger partial charge on any atom is -0.207 e. The minimum absolute atomic E-state index is 0.193. The van der Waals surface area contributed by atoms with Crippen molar-refractivity contribution in [1.82, 2.24) is 24.9 Å². The van der Waals surface area contributed by atoms with Crippen LogP contribution in [0.1, 0.15) is 22.5 Å².